The summed E-state index contributed by atoms with van der Waals surface area (Å²) >= 11 is 0. The fourth-order valence-electron chi connectivity index (χ4n) is 2.42. The number of hydrogen-bond donors (Lipinski definition) is 3. The summed E-state index contributed by atoms with van der Waals surface area (Å²) in [5, 5.41) is 12.2. The minimum atomic E-state index is -0.486. The number of carbonyl (C=O) groups is 2. The molecule has 1 aliphatic heterocycles. The molecule has 22 heavy (non-hydrogen) atoms. The van der Waals surface area contributed by atoms with Crippen LogP contribution in [0.1, 0.15) is 16.8 Å². The Labute approximate surface area is 127 Å². The number of aromatic nitrogens is 2. The van der Waals surface area contributed by atoms with E-state index in [1.807, 2.05) is 24.3 Å². The minimum Gasteiger partial charge on any atom is -0.497 e. The van der Waals surface area contributed by atoms with E-state index in [2.05, 4.69) is 20.8 Å². The molecule has 0 bridgehead atoms. The van der Waals surface area contributed by atoms with Crippen LogP contribution in [0, 0.1) is 0 Å². The highest BCUT2D eigenvalue weighted by atomic mass is 16.5. The van der Waals surface area contributed by atoms with Crippen LogP contribution < -0.4 is 15.4 Å². The summed E-state index contributed by atoms with van der Waals surface area (Å²) in [6.45, 7) is 0.581. The molecule has 2 aromatic rings. The van der Waals surface area contributed by atoms with E-state index >= 15 is 0 Å². The first-order chi connectivity index (χ1) is 10.7. The van der Waals surface area contributed by atoms with Crippen LogP contribution in [-0.2, 0) is 4.79 Å². The summed E-state index contributed by atoms with van der Waals surface area (Å²) in [5.74, 6) is 0.210. The molecule has 1 fully saturated rings. The molecule has 0 saturated carbocycles. The molecule has 0 spiro atoms. The molecule has 7 heteroatoms. The lowest BCUT2D eigenvalue weighted by molar-refractivity contribution is -0.120. The number of aromatic amines is 1. The first-order valence-corrected chi connectivity index (χ1v) is 6.95. The van der Waals surface area contributed by atoms with Crippen molar-refractivity contribution in [1.82, 2.24) is 20.8 Å². The van der Waals surface area contributed by atoms with Crippen molar-refractivity contribution >= 4 is 11.8 Å². The third kappa shape index (κ3) is 2.65. The molecule has 1 atom stereocenters. The molecule has 1 saturated heterocycles. The predicted octanol–water partition coefficient (Wildman–Crippen LogP) is 0.704. The quantitative estimate of drug-likeness (QED) is 0.774. The van der Waals surface area contributed by atoms with Gasteiger partial charge in [0.15, 0.2) is 0 Å². The molecular weight excluding hydrogens is 284 g/mol. The summed E-state index contributed by atoms with van der Waals surface area (Å²) in [6.07, 6.45) is 2.05. The van der Waals surface area contributed by atoms with E-state index in [0.717, 1.165) is 5.56 Å². The largest absolute Gasteiger partial charge is 0.497 e. The highest BCUT2D eigenvalue weighted by Gasteiger charge is 2.27. The SMILES string of the molecule is COc1cccc(-c2[nH]ncc2C(=O)N[C@@H]2CCNC2=O)c1. The maximum atomic E-state index is 12.4. The topological polar surface area (TPSA) is 96.1 Å². The Balaban J connectivity index is 1.85. The molecular formula is C15H16N4O3. The Bertz CT molecular complexity index is 710. The van der Waals surface area contributed by atoms with Gasteiger partial charge in [0.05, 0.1) is 24.6 Å². The third-order valence-corrected chi connectivity index (χ3v) is 3.60. The number of nitrogens with zero attached hydrogens (tertiary/aromatic N) is 1. The van der Waals surface area contributed by atoms with E-state index in [1.54, 1.807) is 7.11 Å². The van der Waals surface area contributed by atoms with Gasteiger partial charge in [0, 0.05) is 12.1 Å². The van der Waals surface area contributed by atoms with Crippen molar-refractivity contribution in [2.24, 2.45) is 0 Å². The van der Waals surface area contributed by atoms with Crippen LogP contribution in [0.15, 0.2) is 30.5 Å². The van der Waals surface area contributed by atoms with Crippen molar-refractivity contribution in [3.63, 3.8) is 0 Å². The molecule has 0 radical (unpaired) electrons. The maximum absolute atomic E-state index is 12.4. The molecule has 7 nitrogen and oxygen atoms in total. The van der Waals surface area contributed by atoms with Gasteiger partial charge < -0.3 is 15.4 Å². The number of rotatable bonds is 4. The zero-order valence-electron chi connectivity index (χ0n) is 12.1. The van der Waals surface area contributed by atoms with Crippen LogP contribution >= 0.6 is 0 Å². The molecule has 2 heterocycles. The summed E-state index contributed by atoms with van der Waals surface area (Å²) in [4.78, 5) is 23.9. The van der Waals surface area contributed by atoms with E-state index in [4.69, 9.17) is 4.74 Å². The van der Waals surface area contributed by atoms with Crippen LogP contribution in [0.3, 0.4) is 0 Å². The molecule has 1 aliphatic rings. The maximum Gasteiger partial charge on any atom is 0.255 e. The van der Waals surface area contributed by atoms with Gasteiger partial charge in [-0.05, 0) is 18.6 Å². The molecule has 3 N–H and O–H groups in total. The number of ether oxygens (including phenoxy) is 1. The zero-order valence-corrected chi connectivity index (χ0v) is 12.1. The second-order valence-electron chi connectivity index (χ2n) is 5.00. The number of benzene rings is 1. The van der Waals surface area contributed by atoms with Gasteiger partial charge in [0.2, 0.25) is 5.91 Å². The fraction of sp³-hybridized carbons (Fsp3) is 0.267. The molecule has 0 unspecified atom stereocenters. The van der Waals surface area contributed by atoms with Crippen molar-refractivity contribution in [2.45, 2.75) is 12.5 Å². The summed E-state index contributed by atoms with van der Waals surface area (Å²) in [5.41, 5.74) is 1.78. The van der Waals surface area contributed by atoms with Crippen molar-refractivity contribution in [1.29, 1.82) is 0 Å². The van der Waals surface area contributed by atoms with Gasteiger partial charge in [-0.3, -0.25) is 14.7 Å². The normalized spacial score (nSPS) is 17.1. The number of nitrogens with one attached hydrogen (secondary N) is 3. The van der Waals surface area contributed by atoms with Crippen LogP contribution in [-0.4, -0.2) is 41.7 Å². The van der Waals surface area contributed by atoms with E-state index < -0.39 is 6.04 Å². The highest BCUT2D eigenvalue weighted by molar-refractivity contribution is 6.02. The molecule has 2 amide bonds. The number of H-pyrrole nitrogens is 1. The average molecular weight is 300 g/mol. The second-order valence-corrected chi connectivity index (χ2v) is 5.00. The summed E-state index contributed by atoms with van der Waals surface area (Å²) < 4.78 is 5.19. The molecule has 3 rings (SSSR count). The standard InChI is InChI=1S/C15H16N4O3/c1-22-10-4-2-3-9(7-10)13-11(8-17-19-13)14(20)18-12-5-6-16-15(12)21/h2-4,7-8,12H,5-6H2,1H3,(H,16,21)(H,17,19)(H,18,20)/t12-/m1/s1. The van der Waals surface area contributed by atoms with Crippen LogP contribution in [0.5, 0.6) is 5.75 Å². The van der Waals surface area contributed by atoms with Gasteiger partial charge in [-0.25, -0.2) is 0 Å². The number of methoxy groups -OCH3 is 1. The smallest absolute Gasteiger partial charge is 0.255 e. The first kappa shape index (κ1) is 14.1. The fourth-order valence-corrected chi connectivity index (χ4v) is 2.42. The van der Waals surface area contributed by atoms with Crippen molar-refractivity contribution < 1.29 is 14.3 Å². The Morgan fingerprint density at radius 2 is 2.32 bits per heavy atom. The minimum absolute atomic E-state index is 0.153. The Hall–Kier alpha value is -2.83. The lowest BCUT2D eigenvalue weighted by Gasteiger charge is -2.10. The van der Waals surface area contributed by atoms with Crippen molar-refractivity contribution in [3.05, 3.63) is 36.0 Å². The molecule has 114 valence electrons. The first-order valence-electron chi connectivity index (χ1n) is 6.95. The van der Waals surface area contributed by atoms with Gasteiger partial charge in [0.1, 0.15) is 11.8 Å². The Kier molecular flexibility index (Phi) is 3.78. The Morgan fingerprint density at radius 1 is 1.45 bits per heavy atom. The summed E-state index contributed by atoms with van der Waals surface area (Å²) in [6, 6.07) is 6.84. The van der Waals surface area contributed by atoms with Crippen LogP contribution in [0.4, 0.5) is 0 Å². The van der Waals surface area contributed by atoms with E-state index in [1.165, 1.54) is 6.20 Å². The lowest BCUT2D eigenvalue weighted by Crippen LogP contribution is -2.40. The summed E-state index contributed by atoms with van der Waals surface area (Å²) in [7, 11) is 1.58. The number of hydrogen-bond acceptors (Lipinski definition) is 4. The van der Waals surface area contributed by atoms with Gasteiger partial charge in [-0.1, -0.05) is 12.1 Å². The average Bonchev–Trinajstić information content (AvgIpc) is 3.17. The van der Waals surface area contributed by atoms with Gasteiger partial charge in [-0.2, -0.15) is 5.10 Å². The Morgan fingerprint density at radius 3 is 3.05 bits per heavy atom. The molecule has 1 aromatic heterocycles. The third-order valence-electron chi connectivity index (χ3n) is 3.60. The highest BCUT2D eigenvalue weighted by Crippen LogP contribution is 2.25. The van der Waals surface area contributed by atoms with Gasteiger partial charge >= 0.3 is 0 Å². The van der Waals surface area contributed by atoms with E-state index in [0.29, 0.717) is 30.0 Å². The van der Waals surface area contributed by atoms with E-state index in [9.17, 15) is 9.59 Å². The monoisotopic (exact) mass is 300 g/mol. The number of carbonyl (C=O) groups excluding carboxylic acids is 2. The van der Waals surface area contributed by atoms with Crippen molar-refractivity contribution in [3.8, 4) is 17.0 Å². The second kappa shape index (κ2) is 5.88. The predicted molar refractivity (Wildman–Crippen MR) is 79.5 cm³/mol. The van der Waals surface area contributed by atoms with Crippen molar-refractivity contribution in [2.75, 3.05) is 13.7 Å². The lowest BCUT2D eigenvalue weighted by atomic mass is 10.1. The van der Waals surface area contributed by atoms with Crippen LogP contribution in [0.25, 0.3) is 11.3 Å². The number of amides is 2. The van der Waals surface area contributed by atoms with Gasteiger partial charge in [-0.15, -0.1) is 0 Å². The zero-order chi connectivity index (χ0) is 15.5. The molecule has 0 aliphatic carbocycles. The van der Waals surface area contributed by atoms with Crippen LogP contribution in [0.2, 0.25) is 0 Å². The molecule has 1 aromatic carbocycles. The van der Waals surface area contributed by atoms with E-state index in [-0.39, 0.29) is 11.8 Å². The van der Waals surface area contributed by atoms with Gasteiger partial charge in [0.25, 0.3) is 5.91 Å².